The van der Waals surface area contributed by atoms with Crippen molar-refractivity contribution in [3.05, 3.63) is 22.2 Å². The number of rotatable bonds is 7. The normalized spacial score (nSPS) is 12.1. The van der Waals surface area contributed by atoms with Gasteiger partial charge in [0.25, 0.3) is 0 Å². The number of nitrogens with one attached hydrogen (secondary N) is 1. The van der Waals surface area contributed by atoms with Gasteiger partial charge in [-0.25, -0.2) is 13.1 Å². The number of sulfonamides is 1. The average Bonchev–Trinajstić information content (AvgIpc) is 2.38. The van der Waals surface area contributed by atoms with E-state index in [-0.39, 0.29) is 21.5 Å². The van der Waals surface area contributed by atoms with Crippen LogP contribution in [-0.2, 0) is 19.5 Å². The molecule has 1 rings (SSSR count). The molecule has 0 aliphatic carbocycles. The van der Waals surface area contributed by atoms with E-state index in [9.17, 15) is 13.5 Å². The van der Waals surface area contributed by atoms with Crippen molar-refractivity contribution in [2.75, 3.05) is 20.8 Å². The summed E-state index contributed by atoms with van der Waals surface area (Å²) in [5, 5.41) is 9.68. The maximum Gasteiger partial charge on any atom is 0.244 e. The molecule has 0 amide bonds. The molecule has 0 aromatic heterocycles. The molecule has 0 aliphatic rings. The highest BCUT2D eigenvalue weighted by Crippen LogP contribution is 2.33. The van der Waals surface area contributed by atoms with Crippen LogP contribution in [0.1, 0.15) is 6.42 Å². The van der Waals surface area contributed by atoms with Gasteiger partial charge in [-0.3, -0.25) is 0 Å². The van der Waals surface area contributed by atoms with Gasteiger partial charge in [0, 0.05) is 32.2 Å². The van der Waals surface area contributed by atoms with Gasteiger partial charge in [0.2, 0.25) is 10.0 Å². The molecule has 0 fully saturated rings. The van der Waals surface area contributed by atoms with Crippen LogP contribution in [0.4, 0.5) is 0 Å². The smallest absolute Gasteiger partial charge is 0.244 e. The fourth-order valence-electron chi connectivity index (χ4n) is 1.47. The number of halogens is 2. The van der Waals surface area contributed by atoms with Crippen LogP contribution < -0.4 is 4.72 Å². The van der Waals surface area contributed by atoms with E-state index in [0.717, 1.165) is 6.07 Å². The number of phenols is 1. The molecular weight excluding hydrogens is 329 g/mol. The molecule has 0 saturated carbocycles. The summed E-state index contributed by atoms with van der Waals surface area (Å²) in [5.41, 5.74) is 0. The first-order chi connectivity index (χ1) is 9.31. The minimum atomic E-state index is -3.93. The van der Waals surface area contributed by atoms with Gasteiger partial charge in [0.15, 0.2) is 12.0 Å². The SMILES string of the molecule is COC(CCNS(=O)(=O)c1cc(Cl)cc(Cl)c1O)OC. The van der Waals surface area contributed by atoms with Crippen molar-refractivity contribution in [1.29, 1.82) is 0 Å². The summed E-state index contributed by atoms with van der Waals surface area (Å²) < 4.78 is 36.3. The molecule has 0 spiro atoms. The van der Waals surface area contributed by atoms with Crippen LogP contribution in [0.15, 0.2) is 17.0 Å². The average molecular weight is 344 g/mol. The molecule has 0 aliphatic heterocycles. The summed E-state index contributed by atoms with van der Waals surface area (Å²) in [4.78, 5) is -0.374. The number of ether oxygens (including phenoxy) is 2. The van der Waals surface area contributed by atoms with E-state index >= 15 is 0 Å². The Bertz CT molecular complexity index is 560. The highest BCUT2D eigenvalue weighted by Gasteiger charge is 2.21. The van der Waals surface area contributed by atoms with Crippen molar-refractivity contribution in [2.45, 2.75) is 17.6 Å². The Morgan fingerprint density at radius 3 is 2.45 bits per heavy atom. The van der Waals surface area contributed by atoms with Crippen molar-refractivity contribution >= 4 is 33.2 Å². The van der Waals surface area contributed by atoms with Crippen molar-refractivity contribution in [1.82, 2.24) is 4.72 Å². The Balaban J connectivity index is 2.85. The molecule has 2 N–H and O–H groups in total. The second kappa shape index (κ2) is 7.44. The summed E-state index contributed by atoms with van der Waals surface area (Å²) in [6, 6.07) is 2.37. The van der Waals surface area contributed by atoms with Gasteiger partial charge in [-0.05, 0) is 12.1 Å². The first-order valence-corrected chi connectivity index (χ1v) is 7.79. The number of hydrogen-bond donors (Lipinski definition) is 2. The van der Waals surface area contributed by atoms with E-state index in [4.69, 9.17) is 32.7 Å². The lowest BCUT2D eigenvalue weighted by atomic mass is 10.3. The molecule has 0 heterocycles. The third-order valence-corrected chi connectivity index (χ3v) is 4.46. The molecule has 1 aromatic carbocycles. The number of phenolic OH excluding ortho intramolecular Hbond substituents is 1. The van der Waals surface area contributed by atoms with Gasteiger partial charge in [0.05, 0.1) is 5.02 Å². The molecular formula is C11H15Cl2NO5S. The Morgan fingerprint density at radius 1 is 1.30 bits per heavy atom. The Morgan fingerprint density at radius 2 is 1.90 bits per heavy atom. The van der Waals surface area contributed by atoms with Gasteiger partial charge in [-0.15, -0.1) is 0 Å². The summed E-state index contributed by atoms with van der Waals surface area (Å²) in [6.45, 7) is 0.0677. The molecule has 0 saturated heterocycles. The molecule has 9 heteroatoms. The van der Waals surface area contributed by atoms with Crippen molar-refractivity contribution < 1.29 is 23.0 Å². The fourth-order valence-corrected chi connectivity index (χ4v) is 3.27. The molecule has 6 nitrogen and oxygen atoms in total. The van der Waals surface area contributed by atoms with E-state index in [2.05, 4.69) is 4.72 Å². The zero-order valence-corrected chi connectivity index (χ0v) is 13.2. The predicted molar refractivity (Wildman–Crippen MR) is 75.7 cm³/mol. The molecule has 20 heavy (non-hydrogen) atoms. The van der Waals surface area contributed by atoms with Gasteiger partial charge < -0.3 is 14.6 Å². The van der Waals surface area contributed by atoms with E-state index in [1.54, 1.807) is 0 Å². The Kier molecular flexibility index (Phi) is 6.50. The van der Waals surface area contributed by atoms with Crippen molar-refractivity contribution in [2.24, 2.45) is 0 Å². The summed E-state index contributed by atoms with van der Waals surface area (Å²) >= 11 is 11.4. The standard InChI is InChI=1S/C11H15Cl2NO5S/c1-18-10(19-2)3-4-14-20(16,17)9-6-7(12)5-8(13)11(9)15/h5-6,10,14-15H,3-4H2,1-2H3. The zero-order valence-electron chi connectivity index (χ0n) is 10.9. The molecule has 0 atom stereocenters. The highest BCUT2D eigenvalue weighted by molar-refractivity contribution is 7.89. The highest BCUT2D eigenvalue weighted by atomic mass is 35.5. The van der Waals surface area contributed by atoms with E-state index < -0.39 is 22.1 Å². The maximum atomic E-state index is 12.0. The van der Waals surface area contributed by atoms with Crippen LogP contribution in [0, 0.1) is 0 Å². The third kappa shape index (κ3) is 4.47. The van der Waals surface area contributed by atoms with Crippen LogP contribution in [-0.4, -0.2) is 40.6 Å². The molecule has 1 aromatic rings. The number of aromatic hydroxyl groups is 1. The first-order valence-electron chi connectivity index (χ1n) is 5.55. The monoisotopic (exact) mass is 343 g/mol. The van der Waals surface area contributed by atoms with Gasteiger partial charge in [-0.2, -0.15) is 0 Å². The topological polar surface area (TPSA) is 84.9 Å². The molecule has 0 bridgehead atoms. The van der Waals surface area contributed by atoms with Gasteiger partial charge in [-0.1, -0.05) is 23.2 Å². The quantitative estimate of drug-likeness (QED) is 0.739. The molecule has 0 radical (unpaired) electrons. The predicted octanol–water partition coefficient (Wildman–Crippen LogP) is 1.99. The minimum absolute atomic E-state index is 0.0677. The van der Waals surface area contributed by atoms with Crippen molar-refractivity contribution in [3.63, 3.8) is 0 Å². The summed E-state index contributed by atoms with van der Waals surface area (Å²) in [6.07, 6.45) is -0.212. The van der Waals surface area contributed by atoms with Gasteiger partial charge in [0.1, 0.15) is 4.90 Å². The minimum Gasteiger partial charge on any atom is -0.505 e. The maximum absolute atomic E-state index is 12.0. The number of benzene rings is 1. The van der Waals surface area contributed by atoms with E-state index in [1.165, 1.54) is 20.3 Å². The van der Waals surface area contributed by atoms with Crippen LogP contribution >= 0.6 is 23.2 Å². The lowest BCUT2D eigenvalue weighted by Crippen LogP contribution is -2.28. The van der Waals surface area contributed by atoms with E-state index in [0.29, 0.717) is 6.42 Å². The second-order valence-corrected chi connectivity index (χ2v) is 6.40. The number of hydrogen-bond acceptors (Lipinski definition) is 5. The zero-order chi connectivity index (χ0) is 15.3. The lowest BCUT2D eigenvalue weighted by Gasteiger charge is -2.14. The third-order valence-electron chi connectivity index (χ3n) is 2.48. The van der Waals surface area contributed by atoms with Crippen LogP contribution in [0.3, 0.4) is 0 Å². The van der Waals surface area contributed by atoms with Crippen LogP contribution in [0.25, 0.3) is 0 Å². The first kappa shape index (κ1) is 17.5. The molecule has 114 valence electrons. The van der Waals surface area contributed by atoms with Crippen LogP contribution in [0.5, 0.6) is 5.75 Å². The van der Waals surface area contributed by atoms with E-state index in [1.807, 2.05) is 0 Å². The Labute approximate surface area is 127 Å². The molecule has 0 unspecified atom stereocenters. The van der Waals surface area contributed by atoms with Gasteiger partial charge >= 0.3 is 0 Å². The largest absolute Gasteiger partial charge is 0.505 e. The fraction of sp³-hybridized carbons (Fsp3) is 0.455. The van der Waals surface area contributed by atoms with Crippen LogP contribution in [0.2, 0.25) is 10.0 Å². The lowest BCUT2D eigenvalue weighted by molar-refractivity contribution is -0.104. The summed E-state index contributed by atoms with van der Waals surface area (Å²) in [5.74, 6) is -0.543. The second-order valence-electron chi connectivity index (χ2n) is 3.82. The number of methoxy groups -OCH3 is 2. The van der Waals surface area contributed by atoms with Crippen molar-refractivity contribution in [3.8, 4) is 5.75 Å². The summed E-state index contributed by atoms with van der Waals surface area (Å²) in [7, 11) is -1.03. The Hall–Kier alpha value is -0.570.